The first-order valence-electron chi connectivity index (χ1n) is 6.20. The Bertz CT molecular complexity index is 953. The normalized spacial score (nSPS) is 11.5. The fourth-order valence-electron chi connectivity index (χ4n) is 2.33. The van der Waals surface area contributed by atoms with E-state index in [4.69, 9.17) is 28.9 Å². The highest BCUT2D eigenvalue weighted by Crippen LogP contribution is 2.30. The van der Waals surface area contributed by atoms with Crippen molar-refractivity contribution in [2.24, 2.45) is 0 Å². The predicted octanol–water partition coefficient (Wildman–Crippen LogP) is 3.54. The summed E-state index contributed by atoms with van der Waals surface area (Å²) >= 11 is 12.2. The SMILES string of the molecule is Nc1c(-c2cn3ccccc3n2)nc2c(Cl)cc(Cl)cn12. The zero-order valence-electron chi connectivity index (χ0n) is 10.7. The summed E-state index contributed by atoms with van der Waals surface area (Å²) < 4.78 is 3.58. The first-order chi connectivity index (χ1) is 10.1. The number of nitrogens with zero attached hydrogens (tertiary/aromatic N) is 4. The van der Waals surface area contributed by atoms with Crippen molar-refractivity contribution < 1.29 is 0 Å². The van der Waals surface area contributed by atoms with Crippen molar-refractivity contribution in [3.05, 3.63) is 52.9 Å². The summed E-state index contributed by atoms with van der Waals surface area (Å²) in [6.07, 6.45) is 5.48. The summed E-state index contributed by atoms with van der Waals surface area (Å²) in [6.45, 7) is 0. The molecule has 2 N–H and O–H groups in total. The Morgan fingerprint density at radius 3 is 2.76 bits per heavy atom. The van der Waals surface area contributed by atoms with Gasteiger partial charge in [0.2, 0.25) is 0 Å². The summed E-state index contributed by atoms with van der Waals surface area (Å²) in [5, 5.41) is 0.947. The molecule has 0 amide bonds. The van der Waals surface area contributed by atoms with Crippen LogP contribution < -0.4 is 5.73 Å². The molecule has 0 aliphatic heterocycles. The van der Waals surface area contributed by atoms with Crippen molar-refractivity contribution >= 4 is 40.3 Å². The van der Waals surface area contributed by atoms with Crippen LogP contribution in [0.2, 0.25) is 10.0 Å². The van der Waals surface area contributed by atoms with Crippen molar-refractivity contribution in [3.8, 4) is 11.4 Å². The van der Waals surface area contributed by atoms with E-state index in [-0.39, 0.29) is 0 Å². The molecule has 21 heavy (non-hydrogen) atoms. The molecule has 0 aliphatic rings. The second-order valence-corrected chi connectivity index (χ2v) is 5.48. The van der Waals surface area contributed by atoms with Crippen LogP contribution >= 0.6 is 23.2 Å². The lowest BCUT2D eigenvalue weighted by Gasteiger charge is -1.99. The molecule has 0 spiro atoms. The summed E-state index contributed by atoms with van der Waals surface area (Å²) in [4.78, 5) is 9.01. The molecule has 7 heteroatoms. The van der Waals surface area contributed by atoms with Crippen LogP contribution in [0.25, 0.3) is 22.7 Å². The number of pyridine rings is 2. The number of hydrogen-bond acceptors (Lipinski definition) is 3. The predicted molar refractivity (Wildman–Crippen MR) is 83.8 cm³/mol. The van der Waals surface area contributed by atoms with Gasteiger partial charge >= 0.3 is 0 Å². The lowest BCUT2D eigenvalue weighted by Crippen LogP contribution is -1.94. The lowest BCUT2D eigenvalue weighted by molar-refractivity contribution is 1.19. The van der Waals surface area contributed by atoms with Crippen molar-refractivity contribution in [2.45, 2.75) is 0 Å². The van der Waals surface area contributed by atoms with Crippen LogP contribution in [0.5, 0.6) is 0 Å². The number of fused-ring (bicyclic) bond motifs is 2. The Morgan fingerprint density at radius 2 is 1.95 bits per heavy atom. The molecule has 4 rings (SSSR count). The highest BCUT2D eigenvalue weighted by atomic mass is 35.5. The minimum atomic E-state index is 0.448. The minimum Gasteiger partial charge on any atom is -0.383 e. The van der Waals surface area contributed by atoms with Crippen LogP contribution in [0.3, 0.4) is 0 Å². The summed E-state index contributed by atoms with van der Waals surface area (Å²) in [7, 11) is 0. The third-order valence-corrected chi connectivity index (χ3v) is 3.77. The van der Waals surface area contributed by atoms with Crippen LogP contribution in [0.15, 0.2) is 42.9 Å². The number of nitrogen functional groups attached to an aromatic ring is 1. The van der Waals surface area contributed by atoms with Crippen LogP contribution in [-0.4, -0.2) is 18.8 Å². The van der Waals surface area contributed by atoms with Crippen molar-refractivity contribution in [3.63, 3.8) is 0 Å². The number of anilines is 1. The zero-order chi connectivity index (χ0) is 14.6. The molecule has 104 valence electrons. The number of nitrogens with two attached hydrogens (primary N) is 1. The van der Waals surface area contributed by atoms with E-state index in [1.165, 1.54) is 0 Å². The van der Waals surface area contributed by atoms with Gasteiger partial charge in [0.05, 0.1) is 10.0 Å². The van der Waals surface area contributed by atoms with Gasteiger partial charge in [0.25, 0.3) is 0 Å². The monoisotopic (exact) mass is 317 g/mol. The Kier molecular flexibility index (Phi) is 2.60. The second kappa shape index (κ2) is 4.38. The van der Waals surface area contributed by atoms with Crippen LogP contribution in [0, 0.1) is 0 Å². The maximum atomic E-state index is 6.16. The summed E-state index contributed by atoms with van der Waals surface area (Å²) in [5.41, 5.74) is 8.83. The second-order valence-electron chi connectivity index (χ2n) is 4.64. The molecule has 0 fully saturated rings. The van der Waals surface area contributed by atoms with Gasteiger partial charge in [-0.05, 0) is 18.2 Å². The quantitative estimate of drug-likeness (QED) is 0.584. The fraction of sp³-hybridized carbons (Fsp3) is 0. The van der Waals surface area contributed by atoms with Crippen molar-refractivity contribution in [1.82, 2.24) is 18.8 Å². The average Bonchev–Trinajstić information content (AvgIpc) is 3.01. The van der Waals surface area contributed by atoms with E-state index in [2.05, 4.69) is 9.97 Å². The first kappa shape index (κ1) is 12.5. The molecule has 0 saturated heterocycles. The standard InChI is InChI=1S/C14H9Cl2N5/c15-8-5-9(16)14-19-12(13(17)21(14)6-8)10-7-20-4-2-1-3-11(20)18-10/h1-7H,17H2. The molecule has 0 aromatic carbocycles. The molecular formula is C14H9Cl2N5. The largest absolute Gasteiger partial charge is 0.383 e. The Labute approximate surface area is 129 Å². The highest BCUT2D eigenvalue weighted by molar-refractivity contribution is 6.36. The zero-order valence-corrected chi connectivity index (χ0v) is 12.2. The van der Waals surface area contributed by atoms with E-state index < -0.39 is 0 Å². The molecule has 5 nitrogen and oxygen atoms in total. The van der Waals surface area contributed by atoms with Gasteiger partial charge in [0.1, 0.15) is 22.9 Å². The Balaban J connectivity index is 2.01. The molecule has 4 aromatic rings. The van der Waals surface area contributed by atoms with E-state index in [0.717, 1.165) is 5.65 Å². The van der Waals surface area contributed by atoms with Gasteiger partial charge in [-0.15, -0.1) is 0 Å². The number of rotatable bonds is 1. The van der Waals surface area contributed by atoms with Crippen molar-refractivity contribution in [1.29, 1.82) is 0 Å². The van der Waals surface area contributed by atoms with Gasteiger partial charge in [-0.25, -0.2) is 9.97 Å². The number of halogens is 2. The van der Waals surface area contributed by atoms with Gasteiger partial charge < -0.3 is 10.1 Å². The fourth-order valence-corrected chi connectivity index (χ4v) is 2.84. The molecule has 0 atom stereocenters. The van der Waals surface area contributed by atoms with Crippen molar-refractivity contribution in [2.75, 3.05) is 5.73 Å². The summed E-state index contributed by atoms with van der Waals surface area (Å²) in [6, 6.07) is 7.41. The molecule has 0 aliphatic carbocycles. The molecule has 0 bridgehead atoms. The molecule has 4 aromatic heterocycles. The Morgan fingerprint density at radius 1 is 1.10 bits per heavy atom. The van der Waals surface area contributed by atoms with E-state index in [0.29, 0.717) is 32.9 Å². The first-order valence-corrected chi connectivity index (χ1v) is 6.96. The molecule has 0 saturated carbocycles. The molecule has 0 unspecified atom stereocenters. The third kappa shape index (κ3) is 1.86. The van der Waals surface area contributed by atoms with Gasteiger partial charge in [-0.3, -0.25) is 4.40 Å². The molecule has 4 heterocycles. The van der Waals surface area contributed by atoms with E-state index in [9.17, 15) is 0 Å². The summed E-state index contributed by atoms with van der Waals surface area (Å²) in [5.74, 6) is 0.456. The van der Waals surface area contributed by atoms with Crippen LogP contribution in [-0.2, 0) is 0 Å². The number of hydrogen-bond donors (Lipinski definition) is 1. The topological polar surface area (TPSA) is 60.6 Å². The maximum absolute atomic E-state index is 6.16. The third-order valence-electron chi connectivity index (χ3n) is 3.29. The Hall–Kier alpha value is -2.24. The number of aromatic nitrogens is 4. The smallest absolute Gasteiger partial charge is 0.158 e. The van der Waals surface area contributed by atoms with Gasteiger partial charge in [-0.2, -0.15) is 0 Å². The minimum absolute atomic E-state index is 0.448. The van der Waals surface area contributed by atoms with Gasteiger partial charge in [0, 0.05) is 18.6 Å². The van der Waals surface area contributed by atoms with E-state index in [1.54, 1.807) is 16.7 Å². The van der Waals surface area contributed by atoms with Crippen LogP contribution in [0.1, 0.15) is 0 Å². The van der Waals surface area contributed by atoms with E-state index in [1.807, 2.05) is 35.0 Å². The van der Waals surface area contributed by atoms with Gasteiger partial charge in [-0.1, -0.05) is 29.3 Å². The number of imidazole rings is 2. The maximum Gasteiger partial charge on any atom is 0.158 e. The van der Waals surface area contributed by atoms with Gasteiger partial charge in [0.15, 0.2) is 5.65 Å². The lowest BCUT2D eigenvalue weighted by atomic mass is 10.3. The average molecular weight is 318 g/mol. The molecular weight excluding hydrogens is 309 g/mol. The molecule has 0 radical (unpaired) electrons. The highest BCUT2D eigenvalue weighted by Gasteiger charge is 2.16. The van der Waals surface area contributed by atoms with E-state index >= 15 is 0 Å². The van der Waals surface area contributed by atoms with Crippen LogP contribution in [0.4, 0.5) is 5.82 Å².